The smallest absolute Gasteiger partial charge is 0.251 e. The maximum absolute atomic E-state index is 12.0. The van der Waals surface area contributed by atoms with Crippen molar-refractivity contribution in [2.75, 3.05) is 18.8 Å². The van der Waals surface area contributed by atoms with Crippen LogP contribution in [-0.2, 0) is 4.79 Å². The molecule has 4 nitrogen and oxygen atoms in total. The number of benzene rings is 1. The van der Waals surface area contributed by atoms with Gasteiger partial charge < -0.3 is 5.32 Å². The predicted molar refractivity (Wildman–Crippen MR) is 85.0 cm³/mol. The summed E-state index contributed by atoms with van der Waals surface area (Å²) in [5, 5.41) is 2.81. The number of nitrogens with zero attached hydrogens (tertiary/aromatic N) is 1. The summed E-state index contributed by atoms with van der Waals surface area (Å²) in [6.45, 7) is 4.82. The summed E-state index contributed by atoms with van der Waals surface area (Å²) < 4.78 is 0.593. The number of carbonyl (C=O) groups excluding carboxylic acids is 2. The Morgan fingerprint density at radius 2 is 2.15 bits per heavy atom. The number of thioether (sulfide) groups is 1. The van der Waals surface area contributed by atoms with E-state index in [0.717, 1.165) is 11.1 Å². The Balaban J connectivity index is 1.87. The largest absolute Gasteiger partial charge is 0.350 e. The Kier molecular flexibility index (Phi) is 4.77. The Bertz CT molecular complexity index is 556. The number of amides is 2. The zero-order valence-electron chi connectivity index (χ0n) is 11.4. The maximum atomic E-state index is 12.0. The molecule has 0 atom stereocenters. The number of rotatable bonds is 4. The SMILES string of the molecule is Cc1ccc(C(=O)NCCN2C(=O)CSC2=S)cc1C. The second-order valence-corrected chi connectivity index (χ2v) is 6.26. The lowest BCUT2D eigenvalue weighted by atomic mass is 10.1. The zero-order valence-corrected chi connectivity index (χ0v) is 13.1. The summed E-state index contributed by atoms with van der Waals surface area (Å²) in [4.78, 5) is 25.1. The molecule has 2 rings (SSSR count). The quantitative estimate of drug-likeness (QED) is 0.863. The molecule has 1 aromatic carbocycles. The first kappa shape index (κ1) is 15.0. The molecule has 1 heterocycles. The van der Waals surface area contributed by atoms with Gasteiger partial charge in [0.1, 0.15) is 4.32 Å². The van der Waals surface area contributed by atoms with Crippen LogP contribution in [0.5, 0.6) is 0 Å². The molecule has 1 aliphatic rings. The molecule has 0 spiro atoms. The zero-order chi connectivity index (χ0) is 14.7. The minimum Gasteiger partial charge on any atom is -0.350 e. The van der Waals surface area contributed by atoms with Gasteiger partial charge in [-0.05, 0) is 37.1 Å². The fourth-order valence-electron chi connectivity index (χ4n) is 1.86. The molecule has 1 fully saturated rings. The Hall–Kier alpha value is -1.40. The molecular weight excluding hydrogens is 292 g/mol. The second-order valence-electron chi connectivity index (χ2n) is 4.65. The molecule has 0 radical (unpaired) electrons. The molecule has 20 heavy (non-hydrogen) atoms. The summed E-state index contributed by atoms with van der Waals surface area (Å²) in [7, 11) is 0. The molecule has 0 aromatic heterocycles. The number of carbonyl (C=O) groups is 2. The monoisotopic (exact) mass is 308 g/mol. The van der Waals surface area contributed by atoms with Crippen molar-refractivity contribution in [3.05, 3.63) is 34.9 Å². The molecule has 0 aliphatic carbocycles. The topological polar surface area (TPSA) is 49.4 Å². The van der Waals surface area contributed by atoms with Crippen molar-refractivity contribution in [3.63, 3.8) is 0 Å². The highest BCUT2D eigenvalue weighted by Gasteiger charge is 2.25. The molecule has 1 N–H and O–H groups in total. The number of aryl methyl sites for hydroxylation is 2. The third kappa shape index (κ3) is 3.37. The normalized spacial score (nSPS) is 14.8. The number of nitrogens with one attached hydrogen (secondary N) is 1. The van der Waals surface area contributed by atoms with Crippen LogP contribution in [0.4, 0.5) is 0 Å². The summed E-state index contributed by atoms with van der Waals surface area (Å²) >= 11 is 6.44. The van der Waals surface area contributed by atoms with Crippen LogP contribution in [0, 0.1) is 13.8 Å². The highest BCUT2D eigenvalue weighted by atomic mass is 32.2. The molecule has 0 bridgehead atoms. The lowest BCUT2D eigenvalue weighted by Crippen LogP contribution is -2.37. The van der Waals surface area contributed by atoms with Gasteiger partial charge >= 0.3 is 0 Å². The van der Waals surface area contributed by atoms with E-state index in [9.17, 15) is 9.59 Å². The van der Waals surface area contributed by atoms with Crippen LogP contribution >= 0.6 is 24.0 Å². The third-order valence-electron chi connectivity index (χ3n) is 3.23. The van der Waals surface area contributed by atoms with Gasteiger partial charge in [-0.2, -0.15) is 0 Å². The first-order chi connectivity index (χ1) is 9.49. The van der Waals surface area contributed by atoms with Crippen molar-refractivity contribution in [1.29, 1.82) is 0 Å². The van der Waals surface area contributed by atoms with Gasteiger partial charge in [-0.15, -0.1) is 0 Å². The number of thiocarbonyl (C=S) groups is 1. The van der Waals surface area contributed by atoms with Crippen LogP contribution in [0.15, 0.2) is 18.2 Å². The first-order valence-electron chi connectivity index (χ1n) is 6.31. The number of hydrogen-bond acceptors (Lipinski definition) is 4. The van der Waals surface area contributed by atoms with E-state index in [1.54, 1.807) is 11.0 Å². The minimum absolute atomic E-state index is 0.0143. The van der Waals surface area contributed by atoms with Crippen molar-refractivity contribution in [3.8, 4) is 0 Å². The van der Waals surface area contributed by atoms with E-state index in [4.69, 9.17) is 12.2 Å². The van der Waals surface area contributed by atoms with Crippen LogP contribution in [0.25, 0.3) is 0 Å². The standard InChI is InChI=1S/C14H16N2O2S2/c1-9-3-4-11(7-10(9)2)13(18)15-5-6-16-12(17)8-20-14(16)19/h3-4,7H,5-6,8H2,1-2H3,(H,15,18). The van der Waals surface area contributed by atoms with E-state index in [0.29, 0.717) is 28.7 Å². The van der Waals surface area contributed by atoms with Crippen LogP contribution < -0.4 is 5.32 Å². The lowest BCUT2D eigenvalue weighted by Gasteiger charge is -2.15. The van der Waals surface area contributed by atoms with Crippen LogP contribution in [0.3, 0.4) is 0 Å². The van der Waals surface area contributed by atoms with E-state index < -0.39 is 0 Å². The van der Waals surface area contributed by atoms with E-state index in [-0.39, 0.29) is 11.8 Å². The van der Waals surface area contributed by atoms with Crippen molar-refractivity contribution in [2.45, 2.75) is 13.8 Å². The molecule has 106 valence electrons. The van der Waals surface area contributed by atoms with E-state index in [1.807, 2.05) is 26.0 Å². The van der Waals surface area contributed by atoms with E-state index >= 15 is 0 Å². The summed E-state index contributed by atoms with van der Waals surface area (Å²) in [5.74, 6) is 0.294. The van der Waals surface area contributed by atoms with Crippen molar-refractivity contribution < 1.29 is 9.59 Å². The van der Waals surface area contributed by atoms with Gasteiger partial charge in [-0.3, -0.25) is 14.5 Å². The minimum atomic E-state index is -0.127. The summed E-state index contributed by atoms with van der Waals surface area (Å²) in [6, 6.07) is 5.60. The van der Waals surface area contributed by atoms with Gasteiger partial charge in [0.05, 0.1) is 5.75 Å². The van der Waals surface area contributed by atoms with Gasteiger partial charge in [0, 0.05) is 18.7 Å². The Morgan fingerprint density at radius 3 is 2.75 bits per heavy atom. The fourth-order valence-corrected chi connectivity index (χ4v) is 2.98. The molecule has 0 unspecified atom stereocenters. The molecular formula is C14H16N2O2S2. The van der Waals surface area contributed by atoms with Gasteiger partial charge in [0.25, 0.3) is 5.91 Å². The van der Waals surface area contributed by atoms with Crippen molar-refractivity contribution in [2.24, 2.45) is 0 Å². The van der Waals surface area contributed by atoms with E-state index in [1.165, 1.54) is 11.8 Å². The van der Waals surface area contributed by atoms with Crippen LogP contribution in [0.2, 0.25) is 0 Å². The van der Waals surface area contributed by atoms with Gasteiger partial charge in [0.2, 0.25) is 5.91 Å². The Labute approximate surface area is 127 Å². The highest BCUT2D eigenvalue weighted by Crippen LogP contribution is 2.18. The molecule has 6 heteroatoms. The van der Waals surface area contributed by atoms with Gasteiger partial charge in [-0.25, -0.2) is 0 Å². The average molecular weight is 308 g/mol. The molecule has 1 aliphatic heterocycles. The molecule has 0 saturated carbocycles. The fraction of sp³-hybridized carbons (Fsp3) is 0.357. The highest BCUT2D eigenvalue weighted by molar-refractivity contribution is 8.23. The lowest BCUT2D eigenvalue weighted by molar-refractivity contribution is -0.123. The molecule has 1 aromatic rings. The first-order valence-corrected chi connectivity index (χ1v) is 7.71. The number of hydrogen-bond donors (Lipinski definition) is 1. The molecule has 1 saturated heterocycles. The second kappa shape index (κ2) is 6.37. The predicted octanol–water partition coefficient (Wildman–Crippen LogP) is 1.89. The summed E-state index contributed by atoms with van der Waals surface area (Å²) in [5.41, 5.74) is 2.88. The average Bonchev–Trinajstić information content (AvgIpc) is 2.73. The van der Waals surface area contributed by atoms with Gasteiger partial charge in [0.15, 0.2) is 0 Å². The summed E-state index contributed by atoms with van der Waals surface area (Å²) in [6.07, 6.45) is 0. The Morgan fingerprint density at radius 1 is 1.40 bits per heavy atom. The van der Waals surface area contributed by atoms with Crippen molar-refractivity contribution in [1.82, 2.24) is 10.2 Å². The van der Waals surface area contributed by atoms with E-state index in [2.05, 4.69) is 5.32 Å². The molecule has 2 amide bonds. The van der Waals surface area contributed by atoms with Crippen molar-refractivity contribution >= 4 is 40.1 Å². The van der Waals surface area contributed by atoms with Crippen LogP contribution in [0.1, 0.15) is 21.5 Å². The maximum Gasteiger partial charge on any atom is 0.251 e. The third-order valence-corrected chi connectivity index (χ3v) is 4.66. The van der Waals surface area contributed by atoms with Gasteiger partial charge in [-0.1, -0.05) is 30.0 Å². The van der Waals surface area contributed by atoms with Crippen LogP contribution in [-0.4, -0.2) is 39.9 Å².